The van der Waals surface area contributed by atoms with E-state index in [-0.39, 0.29) is 0 Å². The molecule has 0 saturated carbocycles. The summed E-state index contributed by atoms with van der Waals surface area (Å²) < 4.78 is 4.40. The maximum atomic E-state index is 2.27. The van der Waals surface area contributed by atoms with Crippen molar-refractivity contribution in [3.05, 3.63) is 97.1 Å². The normalized spacial score (nSPS) is 10.9. The van der Waals surface area contributed by atoms with Gasteiger partial charge in [-0.2, -0.15) is 0 Å². The number of aromatic nitrogens is 2. The van der Waals surface area contributed by atoms with Gasteiger partial charge in [0.05, 0.1) is 0 Å². The Morgan fingerprint density at radius 3 is 1.88 bits per heavy atom. The predicted molar refractivity (Wildman–Crippen MR) is 101 cm³/mol. The first-order valence-corrected chi connectivity index (χ1v) is 8.78. The molecule has 0 aliphatic carbocycles. The Morgan fingerprint density at radius 1 is 0.640 bits per heavy atom. The van der Waals surface area contributed by atoms with E-state index in [4.69, 9.17) is 0 Å². The van der Waals surface area contributed by atoms with Crippen LogP contribution in [0.2, 0.25) is 0 Å². The number of hydrogen-bond donors (Lipinski definition) is 0. The van der Waals surface area contributed by atoms with E-state index in [9.17, 15) is 0 Å². The molecule has 0 unspecified atom stereocenters. The molecule has 0 atom stereocenters. The third-order valence-electron chi connectivity index (χ3n) is 4.66. The summed E-state index contributed by atoms with van der Waals surface area (Å²) in [6, 6.07) is 23.9. The molecule has 25 heavy (non-hydrogen) atoms. The minimum Gasteiger partial charge on any atom is -0.205 e. The molecule has 2 aromatic heterocycles. The summed E-state index contributed by atoms with van der Waals surface area (Å²) in [7, 11) is 0. The molecule has 0 amide bonds. The first-order chi connectivity index (χ1) is 12.3. The zero-order valence-electron chi connectivity index (χ0n) is 14.5. The standard InChI is InChI=1S/C23H22N2/c1-2-24-13-9-21(10-14-24)22-11-15-25(16-12-22)18-19-7-8-20-5-3-4-6-23(20)17-19/h3-17H,2,18H2,1H3/q+2. The average molecular weight is 326 g/mol. The van der Waals surface area contributed by atoms with Gasteiger partial charge < -0.3 is 0 Å². The monoisotopic (exact) mass is 326 g/mol. The summed E-state index contributed by atoms with van der Waals surface area (Å²) in [6.07, 6.45) is 8.58. The van der Waals surface area contributed by atoms with Crippen LogP contribution in [0.4, 0.5) is 0 Å². The second kappa shape index (κ2) is 6.86. The number of nitrogens with zero attached hydrogens (tertiary/aromatic N) is 2. The molecule has 0 aliphatic rings. The molecule has 0 N–H and O–H groups in total. The molecule has 4 rings (SSSR count). The van der Waals surface area contributed by atoms with Crippen molar-refractivity contribution >= 4 is 10.8 Å². The summed E-state index contributed by atoms with van der Waals surface area (Å²) in [5, 5.41) is 2.59. The summed E-state index contributed by atoms with van der Waals surface area (Å²) in [5.41, 5.74) is 3.82. The number of pyridine rings is 2. The topological polar surface area (TPSA) is 7.76 Å². The Kier molecular flexibility index (Phi) is 4.26. The number of hydrogen-bond acceptors (Lipinski definition) is 0. The highest BCUT2D eigenvalue weighted by Gasteiger charge is 2.06. The Balaban J connectivity index is 1.54. The Bertz CT molecular complexity index is 986. The number of rotatable bonds is 4. The van der Waals surface area contributed by atoms with Gasteiger partial charge in [0, 0.05) is 29.8 Å². The minimum atomic E-state index is 0.885. The van der Waals surface area contributed by atoms with Gasteiger partial charge in [-0.3, -0.25) is 0 Å². The Labute approximate surface area is 148 Å². The molecule has 0 aliphatic heterocycles. The van der Waals surface area contributed by atoms with Crippen molar-refractivity contribution < 1.29 is 9.13 Å². The third kappa shape index (κ3) is 3.43. The fraction of sp³-hybridized carbons (Fsp3) is 0.130. The van der Waals surface area contributed by atoms with E-state index in [2.05, 4.69) is 108 Å². The highest BCUT2D eigenvalue weighted by molar-refractivity contribution is 5.82. The molecule has 2 heteroatoms. The summed E-state index contributed by atoms with van der Waals surface area (Å²) in [4.78, 5) is 0. The van der Waals surface area contributed by atoms with Crippen LogP contribution in [-0.4, -0.2) is 0 Å². The maximum Gasteiger partial charge on any atom is 0.173 e. The third-order valence-corrected chi connectivity index (χ3v) is 4.66. The minimum absolute atomic E-state index is 0.885. The lowest BCUT2D eigenvalue weighted by molar-refractivity contribution is -0.693. The van der Waals surface area contributed by atoms with Crippen LogP contribution in [0, 0.1) is 0 Å². The number of benzene rings is 2. The van der Waals surface area contributed by atoms with E-state index in [1.54, 1.807) is 0 Å². The van der Waals surface area contributed by atoms with E-state index >= 15 is 0 Å². The molecule has 2 aromatic carbocycles. The molecule has 122 valence electrons. The van der Waals surface area contributed by atoms with Crippen molar-refractivity contribution in [1.82, 2.24) is 0 Å². The van der Waals surface area contributed by atoms with E-state index in [1.165, 1.54) is 27.5 Å². The maximum absolute atomic E-state index is 2.27. The highest BCUT2D eigenvalue weighted by Crippen LogP contribution is 2.17. The second-order valence-corrected chi connectivity index (χ2v) is 6.36. The zero-order valence-corrected chi connectivity index (χ0v) is 14.5. The molecule has 0 saturated heterocycles. The first kappa shape index (κ1) is 15.5. The van der Waals surface area contributed by atoms with Gasteiger partial charge in [0.25, 0.3) is 0 Å². The quantitative estimate of drug-likeness (QED) is 0.498. The smallest absolute Gasteiger partial charge is 0.173 e. The van der Waals surface area contributed by atoms with Crippen LogP contribution in [0.25, 0.3) is 21.9 Å². The van der Waals surface area contributed by atoms with Crippen LogP contribution >= 0.6 is 0 Å². The van der Waals surface area contributed by atoms with Crippen LogP contribution in [-0.2, 0) is 13.1 Å². The van der Waals surface area contributed by atoms with Gasteiger partial charge in [-0.15, -0.1) is 0 Å². The van der Waals surface area contributed by atoms with E-state index < -0.39 is 0 Å². The number of aryl methyl sites for hydroxylation is 1. The second-order valence-electron chi connectivity index (χ2n) is 6.36. The van der Waals surface area contributed by atoms with Crippen molar-refractivity contribution in [1.29, 1.82) is 0 Å². The fourth-order valence-electron chi connectivity index (χ4n) is 3.16. The van der Waals surface area contributed by atoms with E-state index in [1.807, 2.05) is 0 Å². The van der Waals surface area contributed by atoms with Crippen LogP contribution in [0.15, 0.2) is 91.5 Å². The van der Waals surface area contributed by atoms with Crippen LogP contribution in [0.1, 0.15) is 12.5 Å². The summed E-state index contributed by atoms with van der Waals surface area (Å²) in [5.74, 6) is 0. The van der Waals surface area contributed by atoms with Gasteiger partial charge in [-0.05, 0) is 34.9 Å². The lowest BCUT2D eigenvalue weighted by Crippen LogP contribution is -2.33. The first-order valence-electron chi connectivity index (χ1n) is 8.78. The molecule has 0 bridgehead atoms. The number of fused-ring (bicyclic) bond motifs is 1. The molecule has 4 aromatic rings. The molecule has 0 spiro atoms. The zero-order chi connectivity index (χ0) is 17.1. The Morgan fingerprint density at radius 2 is 1.24 bits per heavy atom. The van der Waals surface area contributed by atoms with Gasteiger partial charge in [0.2, 0.25) is 0 Å². The van der Waals surface area contributed by atoms with Crippen LogP contribution in [0.5, 0.6) is 0 Å². The van der Waals surface area contributed by atoms with Gasteiger partial charge >= 0.3 is 0 Å². The SMILES string of the molecule is CC[n+]1ccc(-c2cc[n+](Cc3ccc4ccccc4c3)cc2)cc1. The van der Waals surface area contributed by atoms with E-state index in [0.29, 0.717) is 0 Å². The average Bonchev–Trinajstić information content (AvgIpc) is 2.69. The van der Waals surface area contributed by atoms with Gasteiger partial charge in [0.1, 0.15) is 6.54 Å². The molecule has 0 fully saturated rings. The van der Waals surface area contributed by atoms with Gasteiger partial charge in [-0.1, -0.05) is 36.4 Å². The van der Waals surface area contributed by atoms with Gasteiger partial charge in [-0.25, -0.2) is 9.13 Å². The summed E-state index contributed by atoms with van der Waals surface area (Å²) >= 11 is 0. The van der Waals surface area contributed by atoms with Crippen molar-refractivity contribution in [2.24, 2.45) is 0 Å². The Hall–Kier alpha value is -3.00. The molecule has 2 nitrogen and oxygen atoms in total. The van der Waals surface area contributed by atoms with Crippen LogP contribution < -0.4 is 9.13 Å². The fourth-order valence-corrected chi connectivity index (χ4v) is 3.16. The molecular formula is C23H22N2+2. The van der Waals surface area contributed by atoms with Crippen molar-refractivity contribution in [2.45, 2.75) is 20.0 Å². The van der Waals surface area contributed by atoms with Gasteiger partial charge in [0.15, 0.2) is 31.3 Å². The van der Waals surface area contributed by atoms with Crippen molar-refractivity contribution in [3.8, 4) is 11.1 Å². The van der Waals surface area contributed by atoms with Crippen molar-refractivity contribution in [2.75, 3.05) is 0 Å². The van der Waals surface area contributed by atoms with Crippen molar-refractivity contribution in [3.63, 3.8) is 0 Å². The lowest BCUT2D eigenvalue weighted by atomic mass is 10.1. The lowest BCUT2D eigenvalue weighted by Gasteiger charge is -2.03. The molecular weight excluding hydrogens is 304 g/mol. The highest BCUT2D eigenvalue weighted by atomic mass is 14.9. The predicted octanol–water partition coefficient (Wildman–Crippen LogP) is 4.15. The van der Waals surface area contributed by atoms with E-state index in [0.717, 1.165) is 13.1 Å². The summed E-state index contributed by atoms with van der Waals surface area (Å²) in [6.45, 7) is 4.04. The largest absolute Gasteiger partial charge is 0.205 e. The molecule has 2 heterocycles. The molecule has 0 radical (unpaired) electrons. The van der Waals surface area contributed by atoms with Crippen LogP contribution in [0.3, 0.4) is 0 Å².